The molecule has 11 heteroatoms. The van der Waals surface area contributed by atoms with Gasteiger partial charge >= 0.3 is 11.9 Å². The molecule has 8 nitrogen and oxygen atoms in total. The fraction of sp³-hybridized carbons (Fsp3) is 0.280. The number of aryl methyl sites for hydroxylation is 1. The van der Waals surface area contributed by atoms with Gasteiger partial charge in [0, 0.05) is 30.9 Å². The first-order chi connectivity index (χ1) is 17.3. The van der Waals surface area contributed by atoms with Crippen LogP contribution < -0.4 is 5.69 Å². The first kappa shape index (κ1) is 22.3. The van der Waals surface area contributed by atoms with Crippen molar-refractivity contribution in [1.29, 1.82) is 0 Å². The third-order valence-corrected chi connectivity index (χ3v) is 6.99. The maximum absolute atomic E-state index is 13.7. The van der Waals surface area contributed by atoms with E-state index in [1.54, 1.807) is 18.6 Å². The van der Waals surface area contributed by atoms with Crippen molar-refractivity contribution in [3.8, 4) is 16.8 Å². The highest BCUT2D eigenvalue weighted by molar-refractivity contribution is 5.67. The van der Waals surface area contributed by atoms with Gasteiger partial charge in [-0.15, -0.1) is 10.2 Å². The van der Waals surface area contributed by atoms with Crippen LogP contribution in [0.25, 0.3) is 22.3 Å². The second kappa shape index (κ2) is 8.21. The average molecular weight is 494 g/mol. The molecule has 1 aromatic carbocycles. The van der Waals surface area contributed by atoms with Crippen molar-refractivity contribution in [3.05, 3.63) is 88.9 Å². The fourth-order valence-corrected chi connectivity index (χ4v) is 4.98. The lowest BCUT2D eigenvalue weighted by molar-refractivity contribution is -0.136. The van der Waals surface area contributed by atoms with Crippen molar-refractivity contribution < 1.29 is 17.7 Å². The molecule has 0 radical (unpaired) electrons. The zero-order valence-corrected chi connectivity index (χ0v) is 19.2. The van der Waals surface area contributed by atoms with Crippen molar-refractivity contribution in [2.24, 2.45) is 13.0 Å². The summed E-state index contributed by atoms with van der Waals surface area (Å²) in [6, 6.07) is 7.79. The van der Waals surface area contributed by atoms with Gasteiger partial charge in [0.15, 0.2) is 0 Å². The molecule has 0 amide bonds. The molecule has 1 atom stereocenters. The lowest BCUT2D eigenvalue weighted by atomic mass is 9.72. The Balaban J connectivity index is 1.59. The Morgan fingerprint density at radius 2 is 2.00 bits per heavy atom. The Labute approximate surface area is 202 Å². The molecule has 0 bridgehead atoms. The predicted octanol–water partition coefficient (Wildman–Crippen LogP) is 4.82. The molecule has 1 aliphatic carbocycles. The van der Waals surface area contributed by atoms with Gasteiger partial charge in [0.25, 0.3) is 0 Å². The number of rotatable bonds is 5. The van der Waals surface area contributed by atoms with Crippen LogP contribution in [0.1, 0.15) is 42.1 Å². The van der Waals surface area contributed by atoms with E-state index in [0.717, 1.165) is 46.7 Å². The summed E-state index contributed by atoms with van der Waals surface area (Å²) in [6.45, 7) is 0. The van der Waals surface area contributed by atoms with Gasteiger partial charge in [-0.1, -0.05) is 17.6 Å². The van der Waals surface area contributed by atoms with Crippen molar-refractivity contribution in [2.45, 2.75) is 31.4 Å². The molecule has 0 aliphatic heterocycles. The van der Waals surface area contributed by atoms with E-state index >= 15 is 0 Å². The minimum absolute atomic E-state index is 0.0942. The van der Waals surface area contributed by atoms with E-state index in [2.05, 4.69) is 15.4 Å². The largest absolute Gasteiger partial charge is 0.418 e. The van der Waals surface area contributed by atoms with Gasteiger partial charge in [0.05, 0.1) is 23.0 Å². The van der Waals surface area contributed by atoms with E-state index < -0.39 is 17.4 Å². The number of fused-ring (bicyclic) bond motifs is 1. The van der Waals surface area contributed by atoms with E-state index in [4.69, 9.17) is 4.52 Å². The quantitative estimate of drug-likeness (QED) is 0.350. The van der Waals surface area contributed by atoms with Crippen LogP contribution in [0.15, 0.2) is 70.8 Å². The van der Waals surface area contributed by atoms with E-state index in [0.29, 0.717) is 17.2 Å². The molecule has 36 heavy (non-hydrogen) atoms. The van der Waals surface area contributed by atoms with Gasteiger partial charge in [-0.3, -0.25) is 8.97 Å². The molecule has 4 heterocycles. The van der Waals surface area contributed by atoms with E-state index in [1.165, 1.54) is 29.3 Å². The molecule has 1 unspecified atom stereocenters. The zero-order valence-electron chi connectivity index (χ0n) is 19.2. The molecular weight excluding hydrogens is 473 g/mol. The number of aromatic nitrogens is 6. The molecule has 0 spiro atoms. The van der Waals surface area contributed by atoms with Crippen LogP contribution >= 0.6 is 0 Å². The number of hydrogen-bond donors (Lipinski definition) is 0. The molecule has 1 saturated carbocycles. The van der Waals surface area contributed by atoms with Gasteiger partial charge in [-0.2, -0.15) is 13.2 Å². The second-order valence-electron chi connectivity index (χ2n) is 9.15. The lowest BCUT2D eigenvalue weighted by Gasteiger charge is -2.33. The summed E-state index contributed by atoms with van der Waals surface area (Å²) >= 11 is 0. The monoisotopic (exact) mass is 494 g/mol. The highest BCUT2D eigenvalue weighted by Gasteiger charge is 2.35. The van der Waals surface area contributed by atoms with Crippen LogP contribution in [-0.4, -0.2) is 28.9 Å². The highest BCUT2D eigenvalue weighted by atomic mass is 19.4. The van der Waals surface area contributed by atoms with Crippen molar-refractivity contribution in [3.63, 3.8) is 0 Å². The van der Waals surface area contributed by atoms with E-state index in [1.807, 2.05) is 23.7 Å². The topological polar surface area (TPSA) is 83.2 Å². The van der Waals surface area contributed by atoms with Crippen molar-refractivity contribution in [1.82, 2.24) is 28.9 Å². The maximum atomic E-state index is 13.7. The number of hydrogen-bond acceptors (Lipinski definition) is 5. The summed E-state index contributed by atoms with van der Waals surface area (Å²) in [5.41, 5.74) is 1.08. The zero-order chi connectivity index (χ0) is 25.0. The Morgan fingerprint density at radius 3 is 2.64 bits per heavy atom. The van der Waals surface area contributed by atoms with Crippen LogP contribution in [0.2, 0.25) is 0 Å². The fourth-order valence-electron chi connectivity index (χ4n) is 4.98. The van der Waals surface area contributed by atoms with Gasteiger partial charge in [0.2, 0.25) is 0 Å². The Bertz CT molecular complexity index is 1610. The number of imidazole rings is 1. The van der Waals surface area contributed by atoms with Gasteiger partial charge in [-0.05, 0) is 54.2 Å². The lowest BCUT2D eigenvalue weighted by Crippen LogP contribution is -2.24. The number of benzene rings is 1. The molecule has 0 saturated heterocycles. The first-order valence-electron chi connectivity index (χ1n) is 11.5. The average Bonchev–Trinajstić information content (AvgIpc) is 3.56. The second-order valence-corrected chi connectivity index (χ2v) is 9.15. The highest BCUT2D eigenvalue weighted by Crippen LogP contribution is 2.44. The summed E-state index contributed by atoms with van der Waals surface area (Å²) < 4.78 is 50.1. The third-order valence-electron chi connectivity index (χ3n) is 6.99. The molecule has 4 aromatic heterocycles. The summed E-state index contributed by atoms with van der Waals surface area (Å²) in [6.07, 6.45) is 5.84. The molecular formula is C25H21F3N6O2. The van der Waals surface area contributed by atoms with Crippen LogP contribution in [0.5, 0.6) is 0 Å². The number of nitrogens with zero attached hydrogens (tertiary/aromatic N) is 6. The van der Waals surface area contributed by atoms with Crippen molar-refractivity contribution >= 4 is 5.52 Å². The van der Waals surface area contributed by atoms with E-state index in [9.17, 15) is 18.0 Å². The molecule has 184 valence electrons. The van der Waals surface area contributed by atoms with Crippen LogP contribution in [-0.2, 0) is 13.2 Å². The van der Waals surface area contributed by atoms with E-state index in [-0.39, 0.29) is 11.4 Å². The molecule has 1 aliphatic rings. The van der Waals surface area contributed by atoms with Crippen LogP contribution in [0.4, 0.5) is 13.2 Å². The smallest absolute Gasteiger partial charge is 0.364 e. The minimum Gasteiger partial charge on any atom is -0.364 e. The molecule has 6 rings (SSSR count). The molecule has 0 N–H and O–H groups in total. The third kappa shape index (κ3) is 3.62. The first-order valence-corrected chi connectivity index (χ1v) is 11.5. The number of halogens is 3. The molecule has 5 aromatic rings. The van der Waals surface area contributed by atoms with Crippen LogP contribution in [0, 0.1) is 5.92 Å². The Morgan fingerprint density at radius 1 is 1.17 bits per heavy atom. The van der Waals surface area contributed by atoms with Gasteiger partial charge in [0.1, 0.15) is 18.4 Å². The molecule has 1 fully saturated rings. The maximum Gasteiger partial charge on any atom is 0.418 e. The van der Waals surface area contributed by atoms with Gasteiger partial charge in [-0.25, -0.2) is 4.79 Å². The summed E-state index contributed by atoms with van der Waals surface area (Å²) in [4.78, 5) is 13.3. The standard InChI is InChI=1S/C25H21F3N6O2/c1-32-14-29-31-23(32)22(15-4-2-5-15)17-8-16(18-11-30-36-13-18)9-19(10-17)34-12-21-20(25(26,27)28)6-3-7-33(21)24(34)35/h3,6-15,22H,2,4-5H2,1H3. The van der Waals surface area contributed by atoms with Gasteiger partial charge < -0.3 is 9.09 Å². The van der Waals surface area contributed by atoms with Crippen LogP contribution in [0.3, 0.4) is 0 Å². The normalized spacial score (nSPS) is 15.3. The Kier molecular flexibility index (Phi) is 5.09. The minimum atomic E-state index is -4.60. The summed E-state index contributed by atoms with van der Waals surface area (Å²) in [5.74, 6) is 1.03. The predicted molar refractivity (Wildman–Crippen MR) is 124 cm³/mol. The summed E-state index contributed by atoms with van der Waals surface area (Å²) in [7, 11) is 1.88. The Hall–Kier alpha value is -4.15. The summed E-state index contributed by atoms with van der Waals surface area (Å²) in [5, 5.41) is 12.2. The number of alkyl halides is 3. The van der Waals surface area contributed by atoms with Crippen molar-refractivity contribution in [2.75, 3.05) is 0 Å². The number of pyridine rings is 1. The SMILES string of the molecule is Cn1cnnc1C(c1cc(-c2cnoc2)cc(-n2cc3c(C(F)(F)F)cccn3c2=O)c1)C1CCC1.